The molecule has 0 amide bonds. The van der Waals surface area contributed by atoms with Crippen LogP contribution in [0.4, 0.5) is 0 Å². The summed E-state index contributed by atoms with van der Waals surface area (Å²) in [6.07, 6.45) is 3.14. The van der Waals surface area contributed by atoms with E-state index in [4.69, 9.17) is 0 Å². The fraction of sp³-hybridized carbons (Fsp3) is 0.300. The maximum Gasteiger partial charge on any atom is 0.155 e. The van der Waals surface area contributed by atoms with Crippen LogP contribution in [0.1, 0.15) is 12.6 Å². The van der Waals surface area contributed by atoms with Crippen LogP contribution >= 0.6 is 0 Å². The van der Waals surface area contributed by atoms with Crippen molar-refractivity contribution >= 4 is 0 Å². The van der Waals surface area contributed by atoms with Crippen molar-refractivity contribution < 1.29 is 0 Å². The Hall–Kier alpha value is -1.75. The molecule has 0 aliphatic heterocycles. The zero-order valence-corrected chi connectivity index (χ0v) is 8.59. The highest BCUT2D eigenvalue weighted by Crippen LogP contribution is 2.03. The largest absolute Gasteiger partial charge is 0.311 e. The van der Waals surface area contributed by atoms with Crippen molar-refractivity contribution in [1.82, 2.24) is 25.1 Å². The Balaban J connectivity index is 2.19. The van der Waals surface area contributed by atoms with Crippen LogP contribution in [-0.4, -0.2) is 26.3 Å². The van der Waals surface area contributed by atoms with E-state index in [2.05, 4.69) is 27.3 Å². The zero-order valence-electron chi connectivity index (χ0n) is 8.59. The molecule has 5 heteroatoms. The van der Waals surface area contributed by atoms with Crippen LogP contribution in [0.2, 0.25) is 0 Å². The van der Waals surface area contributed by atoms with E-state index in [-0.39, 0.29) is 0 Å². The van der Waals surface area contributed by atoms with Gasteiger partial charge in [0.2, 0.25) is 0 Å². The van der Waals surface area contributed by atoms with Crippen molar-refractivity contribution in [2.24, 2.45) is 0 Å². The third kappa shape index (κ3) is 2.38. The van der Waals surface area contributed by atoms with Gasteiger partial charge in [0.1, 0.15) is 12.7 Å². The van der Waals surface area contributed by atoms with Crippen LogP contribution in [0.5, 0.6) is 0 Å². The topological polar surface area (TPSA) is 55.6 Å². The van der Waals surface area contributed by atoms with Gasteiger partial charge in [-0.05, 0) is 18.7 Å². The van der Waals surface area contributed by atoms with Gasteiger partial charge >= 0.3 is 0 Å². The second-order valence-electron chi connectivity index (χ2n) is 3.11. The minimum absolute atomic E-state index is 0.777. The molecular formula is C10H13N5. The third-order valence-electron chi connectivity index (χ3n) is 2.00. The van der Waals surface area contributed by atoms with E-state index in [1.54, 1.807) is 11.0 Å². The van der Waals surface area contributed by atoms with Gasteiger partial charge < -0.3 is 5.32 Å². The van der Waals surface area contributed by atoms with Crippen LogP contribution in [0.3, 0.4) is 0 Å². The van der Waals surface area contributed by atoms with Crippen LogP contribution in [0.15, 0.2) is 30.9 Å². The quantitative estimate of drug-likeness (QED) is 0.797. The van der Waals surface area contributed by atoms with Crippen LogP contribution in [0.25, 0.3) is 5.82 Å². The molecule has 0 radical (unpaired) electrons. The molecule has 0 unspecified atom stereocenters. The summed E-state index contributed by atoms with van der Waals surface area (Å²) < 4.78 is 1.65. The van der Waals surface area contributed by atoms with Gasteiger partial charge in [-0.25, -0.2) is 14.6 Å². The minimum Gasteiger partial charge on any atom is -0.311 e. The van der Waals surface area contributed by atoms with Crippen LogP contribution in [-0.2, 0) is 6.54 Å². The molecule has 2 heterocycles. The zero-order chi connectivity index (χ0) is 10.5. The number of aromatic nitrogens is 4. The Morgan fingerprint density at radius 2 is 2.33 bits per heavy atom. The second-order valence-corrected chi connectivity index (χ2v) is 3.11. The number of rotatable bonds is 4. The van der Waals surface area contributed by atoms with Gasteiger partial charge in [-0.2, -0.15) is 5.10 Å². The smallest absolute Gasteiger partial charge is 0.155 e. The van der Waals surface area contributed by atoms with E-state index < -0.39 is 0 Å². The SMILES string of the molecule is CCNCc1cccc(-n2cncn2)n1. The van der Waals surface area contributed by atoms with Gasteiger partial charge in [-0.1, -0.05) is 13.0 Å². The van der Waals surface area contributed by atoms with Crippen molar-refractivity contribution in [3.63, 3.8) is 0 Å². The maximum absolute atomic E-state index is 4.45. The molecule has 0 fully saturated rings. The fourth-order valence-electron chi connectivity index (χ4n) is 1.27. The summed E-state index contributed by atoms with van der Waals surface area (Å²) in [5.74, 6) is 0.794. The molecule has 0 spiro atoms. The molecule has 2 aromatic heterocycles. The Morgan fingerprint density at radius 3 is 3.07 bits per heavy atom. The minimum atomic E-state index is 0.777. The summed E-state index contributed by atoms with van der Waals surface area (Å²) in [5.41, 5.74) is 1.00. The van der Waals surface area contributed by atoms with Gasteiger partial charge in [-0.15, -0.1) is 0 Å². The Kier molecular flexibility index (Phi) is 3.04. The lowest BCUT2D eigenvalue weighted by Gasteiger charge is -2.03. The molecule has 5 nitrogen and oxygen atoms in total. The van der Waals surface area contributed by atoms with Gasteiger partial charge in [0.15, 0.2) is 5.82 Å². The first-order chi connectivity index (χ1) is 7.40. The first kappa shape index (κ1) is 9.79. The molecule has 0 saturated heterocycles. The molecule has 0 aliphatic rings. The molecule has 0 aliphatic carbocycles. The predicted octanol–water partition coefficient (Wildman–Crippen LogP) is 0.772. The fourth-order valence-corrected chi connectivity index (χ4v) is 1.27. The molecule has 0 aromatic carbocycles. The number of nitrogens with zero attached hydrogens (tertiary/aromatic N) is 4. The lowest BCUT2D eigenvalue weighted by atomic mass is 10.3. The second kappa shape index (κ2) is 4.65. The molecule has 2 aromatic rings. The van der Waals surface area contributed by atoms with Crippen molar-refractivity contribution in [3.05, 3.63) is 36.5 Å². The summed E-state index contributed by atoms with van der Waals surface area (Å²) in [4.78, 5) is 8.34. The monoisotopic (exact) mass is 203 g/mol. The first-order valence-electron chi connectivity index (χ1n) is 4.92. The van der Waals surface area contributed by atoms with E-state index in [0.717, 1.165) is 24.6 Å². The summed E-state index contributed by atoms with van der Waals surface area (Å²) in [6, 6.07) is 5.86. The molecule has 0 saturated carbocycles. The average molecular weight is 203 g/mol. The number of nitrogens with one attached hydrogen (secondary N) is 1. The molecular weight excluding hydrogens is 190 g/mol. The van der Waals surface area contributed by atoms with E-state index in [1.807, 2.05) is 18.2 Å². The van der Waals surface area contributed by atoms with E-state index in [9.17, 15) is 0 Å². The molecule has 0 bridgehead atoms. The maximum atomic E-state index is 4.45. The average Bonchev–Trinajstić information content (AvgIpc) is 2.80. The van der Waals surface area contributed by atoms with Crippen molar-refractivity contribution in [1.29, 1.82) is 0 Å². The summed E-state index contributed by atoms with van der Waals surface area (Å²) in [6.45, 7) is 3.79. The van der Waals surface area contributed by atoms with Crippen LogP contribution < -0.4 is 5.32 Å². The highest BCUT2D eigenvalue weighted by atomic mass is 15.3. The van der Waals surface area contributed by atoms with Crippen molar-refractivity contribution in [2.75, 3.05) is 6.54 Å². The molecule has 15 heavy (non-hydrogen) atoms. The van der Waals surface area contributed by atoms with E-state index >= 15 is 0 Å². The highest BCUT2D eigenvalue weighted by Gasteiger charge is 1.99. The van der Waals surface area contributed by atoms with Gasteiger partial charge in [0, 0.05) is 6.54 Å². The molecule has 0 atom stereocenters. The van der Waals surface area contributed by atoms with E-state index in [0.29, 0.717) is 0 Å². The van der Waals surface area contributed by atoms with Crippen molar-refractivity contribution in [2.45, 2.75) is 13.5 Å². The van der Waals surface area contributed by atoms with Crippen molar-refractivity contribution in [3.8, 4) is 5.82 Å². The van der Waals surface area contributed by atoms with Gasteiger partial charge in [0.25, 0.3) is 0 Å². The summed E-state index contributed by atoms with van der Waals surface area (Å²) in [7, 11) is 0. The first-order valence-corrected chi connectivity index (χ1v) is 4.92. The molecule has 2 rings (SSSR count). The normalized spacial score (nSPS) is 10.5. The number of hydrogen-bond donors (Lipinski definition) is 1. The number of hydrogen-bond acceptors (Lipinski definition) is 4. The standard InChI is InChI=1S/C10H13N5/c1-2-11-6-9-4-3-5-10(14-9)15-8-12-7-13-15/h3-5,7-8,11H,2,6H2,1H3. The predicted molar refractivity (Wildman–Crippen MR) is 56.5 cm³/mol. The Bertz CT molecular complexity index is 410. The van der Waals surface area contributed by atoms with Crippen LogP contribution in [0, 0.1) is 0 Å². The summed E-state index contributed by atoms with van der Waals surface area (Å²) in [5, 5.41) is 7.26. The number of pyridine rings is 1. The molecule has 78 valence electrons. The highest BCUT2D eigenvalue weighted by molar-refractivity contribution is 5.22. The van der Waals surface area contributed by atoms with Gasteiger partial charge in [-0.3, -0.25) is 0 Å². The Morgan fingerprint density at radius 1 is 1.40 bits per heavy atom. The third-order valence-corrected chi connectivity index (χ3v) is 2.00. The lowest BCUT2D eigenvalue weighted by Crippen LogP contribution is -2.13. The Labute approximate surface area is 88.2 Å². The van der Waals surface area contributed by atoms with Gasteiger partial charge in [0.05, 0.1) is 5.69 Å². The van der Waals surface area contributed by atoms with E-state index in [1.165, 1.54) is 6.33 Å². The molecule has 1 N–H and O–H groups in total. The summed E-state index contributed by atoms with van der Waals surface area (Å²) >= 11 is 0. The lowest BCUT2D eigenvalue weighted by molar-refractivity contribution is 0.704.